The number of benzene rings is 2. The summed E-state index contributed by atoms with van der Waals surface area (Å²) in [6.07, 6.45) is 0.0304. The van der Waals surface area contributed by atoms with Gasteiger partial charge in [-0.1, -0.05) is 70.2 Å². The third kappa shape index (κ3) is 3.30. The summed E-state index contributed by atoms with van der Waals surface area (Å²) >= 11 is 18.8. The fraction of sp³-hybridized carbons (Fsp3) is 0.182. The number of fused-ring (bicyclic) bond motifs is 1. The number of rotatable bonds is 2. The molecule has 1 aliphatic carbocycles. The van der Waals surface area contributed by atoms with Crippen LogP contribution in [-0.2, 0) is 4.79 Å². The standard InChI is InChI=1S/C22H17Cl3N2O2/c1-12-3-7-14(8-4-12)26-16-11-22(29)20(25)17(23)19(28)18(24)21(22)27(16)15-9-5-13(2)6-10-15/h3-10,29H,11H2,1-2H3. The van der Waals surface area contributed by atoms with Crippen LogP contribution in [0.4, 0.5) is 11.4 Å². The van der Waals surface area contributed by atoms with Gasteiger partial charge in [-0.25, -0.2) is 4.99 Å². The van der Waals surface area contributed by atoms with Crippen molar-refractivity contribution in [1.29, 1.82) is 0 Å². The molecule has 2 aromatic carbocycles. The van der Waals surface area contributed by atoms with Gasteiger partial charge in [0.25, 0.3) is 0 Å². The fourth-order valence-corrected chi connectivity index (χ4v) is 4.36. The summed E-state index contributed by atoms with van der Waals surface area (Å²) in [4.78, 5) is 18.9. The van der Waals surface area contributed by atoms with Crippen molar-refractivity contribution in [3.05, 3.63) is 80.5 Å². The zero-order valence-electron chi connectivity index (χ0n) is 15.7. The van der Waals surface area contributed by atoms with Crippen molar-refractivity contribution >= 4 is 57.8 Å². The Bertz CT molecular complexity index is 1100. The number of hydrogen-bond acceptors (Lipinski definition) is 3. The number of ketones is 1. The first-order chi connectivity index (χ1) is 13.7. The molecule has 1 aliphatic heterocycles. The lowest BCUT2D eigenvalue weighted by Gasteiger charge is -2.31. The number of aliphatic hydroxyl groups is 1. The first-order valence-electron chi connectivity index (χ1n) is 8.96. The van der Waals surface area contributed by atoms with E-state index in [0.717, 1.165) is 11.1 Å². The lowest BCUT2D eigenvalue weighted by Crippen LogP contribution is -2.37. The molecule has 0 bridgehead atoms. The number of Topliss-reactive ketones (excluding diaryl/α,β-unsaturated/α-hetero) is 1. The first kappa shape index (κ1) is 20.2. The van der Waals surface area contributed by atoms with E-state index in [2.05, 4.69) is 0 Å². The summed E-state index contributed by atoms with van der Waals surface area (Å²) < 4.78 is 0. The number of carbonyl (C=O) groups excluding carboxylic acids is 1. The highest BCUT2D eigenvalue weighted by Gasteiger charge is 2.54. The van der Waals surface area contributed by atoms with Crippen LogP contribution in [0.25, 0.3) is 0 Å². The van der Waals surface area contributed by atoms with Crippen molar-refractivity contribution in [1.82, 2.24) is 0 Å². The zero-order valence-corrected chi connectivity index (χ0v) is 18.0. The number of halogens is 3. The molecule has 29 heavy (non-hydrogen) atoms. The van der Waals surface area contributed by atoms with Crippen molar-refractivity contribution in [2.75, 3.05) is 4.90 Å². The summed E-state index contributed by atoms with van der Waals surface area (Å²) in [5, 5.41) is 10.8. The maximum Gasteiger partial charge on any atom is 0.218 e. The largest absolute Gasteiger partial charge is 0.377 e. The van der Waals surface area contributed by atoms with E-state index < -0.39 is 11.4 Å². The van der Waals surface area contributed by atoms with Crippen LogP contribution in [0.3, 0.4) is 0 Å². The van der Waals surface area contributed by atoms with Gasteiger partial charge in [0.2, 0.25) is 5.78 Å². The van der Waals surface area contributed by atoms with E-state index in [1.807, 2.05) is 62.4 Å². The minimum absolute atomic E-state index is 0.0304. The van der Waals surface area contributed by atoms with Gasteiger partial charge in [-0.3, -0.25) is 9.69 Å². The lowest BCUT2D eigenvalue weighted by atomic mass is 9.92. The molecule has 0 spiro atoms. The van der Waals surface area contributed by atoms with E-state index in [1.165, 1.54) is 0 Å². The predicted molar refractivity (Wildman–Crippen MR) is 118 cm³/mol. The molecule has 4 nitrogen and oxygen atoms in total. The van der Waals surface area contributed by atoms with Crippen LogP contribution in [0.5, 0.6) is 0 Å². The number of nitrogens with zero attached hydrogens (tertiary/aromatic N) is 2. The van der Waals surface area contributed by atoms with Gasteiger partial charge >= 0.3 is 0 Å². The quantitative estimate of drug-likeness (QED) is 0.643. The SMILES string of the molecule is Cc1ccc(N=C2CC3(O)C(Cl)=C(Cl)C(=O)C(Cl)=C3N2c2ccc(C)cc2)cc1. The third-order valence-corrected chi connectivity index (χ3v) is 6.34. The van der Waals surface area contributed by atoms with Gasteiger partial charge in [0.15, 0.2) is 5.60 Å². The van der Waals surface area contributed by atoms with Crippen LogP contribution < -0.4 is 4.90 Å². The smallest absolute Gasteiger partial charge is 0.218 e. The van der Waals surface area contributed by atoms with Gasteiger partial charge in [0.05, 0.1) is 16.4 Å². The normalized spacial score (nSPS) is 23.3. The lowest BCUT2D eigenvalue weighted by molar-refractivity contribution is -0.111. The fourth-order valence-electron chi connectivity index (χ4n) is 3.48. The van der Waals surface area contributed by atoms with E-state index in [9.17, 15) is 9.90 Å². The van der Waals surface area contributed by atoms with Crippen LogP contribution in [0, 0.1) is 13.8 Å². The summed E-state index contributed by atoms with van der Waals surface area (Å²) in [6, 6.07) is 15.3. The number of carbonyl (C=O) groups is 1. The molecule has 1 heterocycles. The van der Waals surface area contributed by atoms with Gasteiger partial charge in [-0.05, 0) is 38.1 Å². The van der Waals surface area contributed by atoms with Gasteiger partial charge in [0.1, 0.15) is 15.9 Å². The van der Waals surface area contributed by atoms with E-state index in [0.29, 0.717) is 17.2 Å². The molecule has 0 aromatic heterocycles. The second-order valence-corrected chi connectivity index (χ2v) is 8.33. The number of hydrogen-bond donors (Lipinski definition) is 1. The van der Waals surface area contributed by atoms with E-state index >= 15 is 0 Å². The van der Waals surface area contributed by atoms with Crippen LogP contribution in [0.1, 0.15) is 17.5 Å². The molecule has 1 atom stereocenters. The van der Waals surface area contributed by atoms with Crippen molar-refractivity contribution < 1.29 is 9.90 Å². The number of aryl methyl sites for hydroxylation is 2. The topological polar surface area (TPSA) is 52.9 Å². The first-order valence-corrected chi connectivity index (χ1v) is 10.1. The Labute approximate surface area is 183 Å². The summed E-state index contributed by atoms with van der Waals surface area (Å²) in [6.45, 7) is 3.96. The van der Waals surface area contributed by atoms with E-state index in [4.69, 9.17) is 39.8 Å². The molecule has 7 heteroatoms. The highest BCUT2D eigenvalue weighted by Crippen LogP contribution is 2.50. The van der Waals surface area contributed by atoms with Gasteiger partial charge in [-0.15, -0.1) is 0 Å². The molecule has 0 amide bonds. The average molecular weight is 448 g/mol. The molecular formula is C22H17Cl3N2O2. The summed E-state index contributed by atoms with van der Waals surface area (Å²) in [5.74, 6) is -0.114. The Morgan fingerprint density at radius 3 is 2.07 bits per heavy atom. The van der Waals surface area contributed by atoms with Crippen LogP contribution >= 0.6 is 34.8 Å². The highest BCUT2D eigenvalue weighted by atomic mass is 35.5. The molecular weight excluding hydrogens is 431 g/mol. The minimum Gasteiger partial charge on any atom is -0.377 e. The number of amidine groups is 1. The number of aliphatic imine (C=N–C) groups is 1. The molecule has 148 valence electrons. The molecule has 2 aliphatic rings. The van der Waals surface area contributed by atoms with Crippen molar-refractivity contribution in [2.45, 2.75) is 25.9 Å². The molecule has 0 radical (unpaired) electrons. The second kappa shape index (κ2) is 7.29. The van der Waals surface area contributed by atoms with Gasteiger partial charge in [0, 0.05) is 12.1 Å². The number of anilines is 1. The Balaban J connectivity index is 1.94. The monoisotopic (exact) mass is 446 g/mol. The molecule has 1 saturated heterocycles. The molecule has 1 N–H and O–H groups in total. The number of allylic oxidation sites excluding steroid dienone is 2. The van der Waals surface area contributed by atoms with Crippen molar-refractivity contribution in [3.63, 3.8) is 0 Å². The highest BCUT2D eigenvalue weighted by molar-refractivity contribution is 6.59. The summed E-state index contributed by atoms with van der Waals surface area (Å²) in [7, 11) is 0. The van der Waals surface area contributed by atoms with Gasteiger partial charge < -0.3 is 5.11 Å². The second-order valence-electron chi connectivity index (χ2n) is 7.19. The Hall–Kier alpha value is -2.11. The van der Waals surface area contributed by atoms with Gasteiger partial charge in [-0.2, -0.15) is 0 Å². The van der Waals surface area contributed by atoms with E-state index in [1.54, 1.807) is 4.90 Å². The van der Waals surface area contributed by atoms with Crippen LogP contribution in [-0.4, -0.2) is 22.3 Å². The van der Waals surface area contributed by atoms with E-state index in [-0.39, 0.29) is 27.2 Å². The Morgan fingerprint density at radius 2 is 1.48 bits per heavy atom. The van der Waals surface area contributed by atoms with Crippen LogP contribution in [0.15, 0.2) is 74.3 Å². The van der Waals surface area contributed by atoms with Crippen LogP contribution in [0.2, 0.25) is 0 Å². The molecule has 1 fully saturated rings. The average Bonchev–Trinajstić information content (AvgIpc) is 3.00. The predicted octanol–water partition coefficient (Wildman–Crippen LogP) is 5.70. The van der Waals surface area contributed by atoms with Crippen molar-refractivity contribution in [3.8, 4) is 0 Å². The zero-order chi connectivity index (χ0) is 20.9. The molecule has 0 saturated carbocycles. The Kier molecular flexibility index (Phi) is 5.07. The maximum atomic E-state index is 12.5. The molecule has 2 aromatic rings. The maximum absolute atomic E-state index is 12.5. The van der Waals surface area contributed by atoms with Crippen molar-refractivity contribution in [2.24, 2.45) is 4.99 Å². The molecule has 1 unspecified atom stereocenters. The Morgan fingerprint density at radius 1 is 0.931 bits per heavy atom. The minimum atomic E-state index is -1.72. The third-order valence-electron chi connectivity index (χ3n) is 5.03. The summed E-state index contributed by atoms with van der Waals surface area (Å²) in [5.41, 5.74) is 2.05. The molecule has 4 rings (SSSR count).